The first-order valence-corrected chi connectivity index (χ1v) is 6.23. The molecule has 0 bridgehead atoms. The molecule has 84 valence electrons. The number of nitrogens with zero attached hydrogens (tertiary/aromatic N) is 2. The molecule has 0 atom stereocenters. The van der Waals surface area contributed by atoms with Crippen LogP contribution in [0.15, 0.2) is 41.6 Å². The first-order valence-electron chi connectivity index (χ1n) is 4.79. The molecule has 1 aromatic heterocycles. The molecule has 0 aliphatic heterocycles. The van der Waals surface area contributed by atoms with Gasteiger partial charge in [-0.1, -0.05) is 24.3 Å². The minimum Gasteiger partial charge on any atom is -0.263 e. The van der Waals surface area contributed by atoms with Crippen LogP contribution >= 0.6 is 0 Å². The molecule has 2 rings (SSSR count). The summed E-state index contributed by atoms with van der Waals surface area (Å²) >= 11 is 0. The van der Waals surface area contributed by atoms with E-state index in [0.29, 0.717) is 5.39 Å². The first-order chi connectivity index (χ1) is 7.53. The topological polar surface area (TPSA) is 50.3 Å². The van der Waals surface area contributed by atoms with Gasteiger partial charge in [0.05, 0.1) is 0 Å². The lowest BCUT2D eigenvalue weighted by Gasteiger charge is -2.12. The molecule has 0 radical (unpaired) electrons. The summed E-state index contributed by atoms with van der Waals surface area (Å²) in [6.07, 6.45) is 3.04. The Labute approximate surface area is 94.6 Å². The molecule has 0 saturated carbocycles. The third-order valence-electron chi connectivity index (χ3n) is 2.39. The van der Waals surface area contributed by atoms with Crippen LogP contribution in [0.4, 0.5) is 0 Å². The molecule has 0 N–H and O–H groups in total. The van der Waals surface area contributed by atoms with Crippen LogP contribution in [0.2, 0.25) is 0 Å². The number of hydrogen-bond donors (Lipinski definition) is 0. The van der Waals surface area contributed by atoms with Gasteiger partial charge in [-0.3, -0.25) is 4.98 Å². The van der Waals surface area contributed by atoms with E-state index in [1.165, 1.54) is 24.6 Å². The summed E-state index contributed by atoms with van der Waals surface area (Å²) in [5.41, 5.74) is 0. The van der Waals surface area contributed by atoms with E-state index in [1.54, 1.807) is 12.3 Å². The van der Waals surface area contributed by atoms with Gasteiger partial charge in [0, 0.05) is 37.3 Å². The molecule has 0 aliphatic rings. The highest BCUT2D eigenvalue weighted by Gasteiger charge is 2.19. The molecule has 0 amide bonds. The van der Waals surface area contributed by atoms with Gasteiger partial charge in [-0.15, -0.1) is 0 Å². The van der Waals surface area contributed by atoms with Crippen LogP contribution in [0.25, 0.3) is 10.8 Å². The highest BCUT2D eigenvalue weighted by molar-refractivity contribution is 7.89. The maximum atomic E-state index is 12.0. The van der Waals surface area contributed by atoms with E-state index in [-0.39, 0.29) is 4.90 Å². The lowest BCUT2D eigenvalue weighted by atomic mass is 10.2. The second-order valence-corrected chi connectivity index (χ2v) is 5.77. The van der Waals surface area contributed by atoms with Crippen LogP contribution in [0, 0.1) is 0 Å². The highest BCUT2D eigenvalue weighted by atomic mass is 32.2. The fraction of sp³-hybridized carbons (Fsp3) is 0.182. The zero-order chi connectivity index (χ0) is 11.8. The van der Waals surface area contributed by atoms with Crippen molar-refractivity contribution < 1.29 is 8.42 Å². The molecular weight excluding hydrogens is 224 g/mol. The quantitative estimate of drug-likeness (QED) is 0.793. The van der Waals surface area contributed by atoms with Crippen molar-refractivity contribution in [2.45, 2.75) is 4.90 Å². The maximum Gasteiger partial charge on any atom is 0.244 e. The average Bonchev–Trinajstić information content (AvgIpc) is 2.28. The molecule has 1 aromatic carbocycles. The number of sulfonamides is 1. The van der Waals surface area contributed by atoms with Gasteiger partial charge in [0.2, 0.25) is 10.0 Å². The summed E-state index contributed by atoms with van der Waals surface area (Å²) in [5, 5.41) is 1.52. The van der Waals surface area contributed by atoms with E-state index in [4.69, 9.17) is 0 Å². The molecule has 0 spiro atoms. The minimum atomic E-state index is -3.43. The van der Waals surface area contributed by atoms with E-state index >= 15 is 0 Å². The lowest BCUT2D eigenvalue weighted by molar-refractivity contribution is 0.521. The standard InChI is InChI=1S/C11H12N2O2S/c1-13(2)16(14,15)11-8-12-7-9-5-3-4-6-10(9)11/h3-8H,1-2H3. The van der Waals surface area contributed by atoms with E-state index in [0.717, 1.165) is 5.39 Å². The number of benzene rings is 1. The van der Waals surface area contributed by atoms with Gasteiger partial charge < -0.3 is 0 Å². The van der Waals surface area contributed by atoms with Gasteiger partial charge in [-0.25, -0.2) is 12.7 Å². The third-order valence-corrected chi connectivity index (χ3v) is 4.23. The summed E-state index contributed by atoms with van der Waals surface area (Å²) < 4.78 is 25.3. The smallest absolute Gasteiger partial charge is 0.244 e. The van der Waals surface area contributed by atoms with Crippen molar-refractivity contribution in [3.05, 3.63) is 36.7 Å². The largest absolute Gasteiger partial charge is 0.263 e. The van der Waals surface area contributed by atoms with Crippen molar-refractivity contribution in [2.24, 2.45) is 0 Å². The Morgan fingerprint density at radius 3 is 2.50 bits per heavy atom. The molecule has 5 heteroatoms. The number of hydrogen-bond acceptors (Lipinski definition) is 3. The lowest BCUT2D eigenvalue weighted by Crippen LogP contribution is -2.22. The fourth-order valence-electron chi connectivity index (χ4n) is 1.49. The van der Waals surface area contributed by atoms with Crippen molar-refractivity contribution in [3.63, 3.8) is 0 Å². The number of fused-ring (bicyclic) bond motifs is 1. The van der Waals surface area contributed by atoms with Crippen molar-refractivity contribution in [3.8, 4) is 0 Å². The Bertz CT molecular complexity index is 615. The van der Waals surface area contributed by atoms with Gasteiger partial charge in [-0.2, -0.15) is 0 Å². The molecular formula is C11H12N2O2S. The minimum absolute atomic E-state index is 0.246. The van der Waals surface area contributed by atoms with Crippen molar-refractivity contribution >= 4 is 20.8 Å². The third kappa shape index (κ3) is 1.68. The van der Waals surface area contributed by atoms with Crippen molar-refractivity contribution in [1.29, 1.82) is 0 Å². The Hall–Kier alpha value is -1.46. The molecule has 2 aromatic rings. The molecule has 0 unspecified atom stereocenters. The molecule has 0 saturated heterocycles. The number of rotatable bonds is 2. The summed E-state index contributed by atoms with van der Waals surface area (Å²) in [5.74, 6) is 0. The van der Waals surface area contributed by atoms with Crippen LogP contribution in [0.5, 0.6) is 0 Å². The SMILES string of the molecule is CN(C)S(=O)(=O)c1cncc2ccccc12. The summed E-state index contributed by atoms with van der Waals surface area (Å²) in [4.78, 5) is 4.20. The van der Waals surface area contributed by atoms with Crippen molar-refractivity contribution in [2.75, 3.05) is 14.1 Å². The monoisotopic (exact) mass is 236 g/mol. The summed E-state index contributed by atoms with van der Waals surface area (Å²) in [6.45, 7) is 0. The normalized spacial score (nSPS) is 12.2. The van der Waals surface area contributed by atoms with Gasteiger partial charge in [0.15, 0.2) is 0 Å². The van der Waals surface area contributed by atoms with E-state index in [2.05, 4.69) is 4.98 Å². The summed E-state index contributed by atoms with van der Waals surface area (Å²) in [7, 11) is -0.411. The molecule has 0 fully saturated rings. The van der Waals surface area contributed by atoms with E-state index < -0.39 is 10.0 Å². The van der Waals surface area contributed by atoms with Crippen LogP contribution in [0.3, 0.4) is 0 Å². The average molecular weight is 236 g/mol. The van der Waals surface area contributed by atoms with Crippen LogP contribution in [-0.2, 0) is 10.0 Å². The van der Waals surface area contributed by atoms with Crippen molar-refractivity contribution in [1.82, 2.24) is 9.29 Å². The van der Waals surface area contributed by atoms with E-state index in [1.807, 2.05) is 18.2 Å². The molecule has 1 heterocycles. The van der Waals surface area contributed by atoms with Crippen LogP contribution in [0.1, 0.15) is 0 Å². The zero-order valence-electron chi connectivity index (χ0n) is 9.08. The van der Waals surface area contributed by atoms with Gasteiger partial charge in [-0.05, 0) is 0 Å². The number of aromatic nitrogens is 1. The summed E-state index contributed by atoms with van der Waals surface area (Å²) in [6, 6.07) is 7.30. The Kier molecular flexibility index (Phi) is 2.65. The second-order valence-electron chi connectivity index (χ2n) is 3.65. The molecule has 0 aliphatic carbocycles. The van der Waals surface area contributed by atoms with Crippen LogP contribution < -0.4 is 0 Å². The highest BCUT2D eigenvalue weighted by Crippen LogP contribution is 2.22. The van der Waals surface area contributed by atoms with Gasteiger partial charge >= 0.3 is 0 Å². The maximum absolute atomic E-state index is 12.0. The fourth-order valence-corrected chi connectivity index (χ4v) is 2.54. The predicted molar refractivity (Wildman–Crippen MR) is 62.6 cm³/mol. The number of pyridine rings is 1. The van der Waals surface area contributed by atoms with Crippen LogP contribution in [-0.4, -0.2) is 31.8 Å². The molecule has 4 nitrogen and oxygen atoms in total. The van der Waals surface area contributed by atoms with Gasteiger partial charge in [0.1, 0.15) is 4.90 Å². The Balaban J connectivity index is 2.80. The molecule has 16 heavy (non-hydrogen) atoms. The first kappa shape index (κ1) is 11.0. The zero-order valence-corrected chi connectivity index (χ0v) is 9.90. The predicted octanol–water partition coefficient (Wildman–Crippen LogP) is 1.49. The Morgan fingerprint density at radius 1 is 1.12 bits per heavy atom. The van der Waals surface area contributed by atoms with Gasteiger partial charge in [0.25, 0.3) is 0 Å². The second kappa shape index (κ2) is 3.84. The Morgan fingerprint density at radius 2 is 1.81 bits per heavy atom. The van der Waals surface area contributed by atoms with E-state index in [9.17, 15) is 8.42 Å².